The summed E-state index contributed by atoms with van der Waals surface area (Å²) in [6.45, 7) is 2.25. The van der Waals surface area contributed by atoms with E-state index < -0.39 is 0 Å². The number of carbonyl (C=O) groups excluding carboxylic acids is 1. The molecule has 0 bridgehead atoms. The SMILES string of the molecule is C[C@@H]1C[C@H]1[C@@H](NC(=O)CCCc1nc(C2CC2)no1)c1ccccc1. The van der Waals surface area contributed by atoms with Gasteiger partial charge in [-0.3, -0.25) is 4.79 Å². The Morgan fingerprint density at radius 3 is 2.76 bits per heavy atom. The smallest absolute Gasteiger partial charge is 0.226 e. The van der Waals surface area contributed by atoms with Gasteiger partial charge in [-0.2, -0.15) is 4.98 Å². The lowest BCUT2D eigenvalue weighted by Gasteiger charge is -2.19. The third-order valence-electron chi connectivity index (χ3n) is 5.30. The maximum atomic E-state index is 12.4. The minimum absolute atomic E-state index is 0.106. The second-order valence-electron chi connectivity index (χ2n) is 7.51. The van der Waals surface area contributed by atoms with Gasteiger partial charge in [0, 0.05) is 18.8 Å². The molecule has 2 saturated carbocycles. The molecular weight excluding hydrogens is 314 g/mol. The van der Waals surface area contributed by atoms with E-state index >= 15 is 0 Å². The standard InChI is InChI=1S/C20H25N3O2/c1-13-12-16(13)19(14-6-3-2-4-7-14)21-17(24)8-5-9-18-22-20(23-25-18)15-10-11-15/h2-4,6-7,13,15-16,19H,5,8-12H2,1H3,(H,21,24)/t13-,16-,19+/m1/s1. The molecule has 2 aromatic rings. The fourth-order valence-corrected chi connectivity index (χ4v) is 3.44. The van der Waals surface area contributed by atoms with E-state index in [4.69, 9.17) is 4.52 Å². The van der Waals surface area contributed by atoms with Crippen molar-refractivity contribution in [2.24, 2.45) is 11.8 Å². The van der Waals surface area contributed by atoms with Crippen LogP contribution in [0.2, 0.25) is 0 Å². The number of carbonyl (C=O) groups is 1. The molecular formula is C20H25N3O2. The molecule has 1 aromatic heterocycles. The molecule has 0 radical (unpaired) electrons. The molecule has 0 spiro atoms. The van der Waals surface area contributed by atoms with Crippen molar-refractivity contribution >= 4 is 5.91 Å². The van der Waals surface area contributed by atoms with Crippen LogP contribution in [0.5, 0.6) is 0 Å². The fourth-order valence-electron chi connectivity index (χ4n) is 3.44. The van der Waals surface area contributed by atoms with Gasteiger partial charge < -0.3 is 9.84 Å². The monoisotopic (exact) mass is 339 g/mol. The Labute approximate surface area is 148 Å². The van der Waals surface area contributed by atoms with Crippen LogP contribution in [0.4, 0.5) is 0 Å². The largest absolute Gasteiger partial charge is 0.349 e. The highest BCUT2D eigenvalue weighted by Gasteiger charge is 2.40. The van der Waals surface area contributed by atoms with Crippen molar-refractivity contribution in [1.29, 1.82) is 0 Å². The summed E-state index contributed by atoms with van der Waals surface area (Å²) in [6.07, 6.45) is 5.42. The summed E-state index contributed by atoms with van der Waals surface area (Å²) in [5.74, 6) is 3.35. The van der Waals surface area contributed by atoms with Crippen LogP contribution < -0.4 is 5.32 Å². The van der Waals surface area contributed by atoms with E-state index in [1.807, 2.05) is 18.2 Å². The highest BCUT2D eigenvalue weighted by atomic mass is 16.5. The zero-order valence-corrected chi connectivity index (χ0v) is 14.6. The Morgan fingerprint density at radius 1 is 1.32 bits per heavy atom. The Balaban J connectivity index is 1.28. The molecule has 4 rings (SSSR count). The predicted molar refractivity (Wildman–Crippen MR) is 93.8 cm³/mol. The quantitative estimate of drug-likeness (QED) is 0.794. The highest BCUT2D eigenvalue weighted by Crippen LogP contribution is 2.47. The lowest BCUT2D eigenvalue weighted by molar-refractivity contribution is -0.122. The van der Waals surface area contributed by atoms with Crippen molar-refractivity contribution in [2.45, 2.75) is 57.4 Å². The van der Waals surface area contributed by atoms with Gasteiger partial charge in [-0.25, -0.2) is 0 Å². The topological polar surface area (TPSA) is 68.0 Å². The summed E-state index contributed by atoms with van der Waals surface area (Å²) in [6, 6.07) is 10.4. The average Bonchev–Trinajstić information content (AvgIpc) is 3.54. The number of rotatable bonds is 8. The van der Waals surface area contributed by atoms with Crippen LogP contribution in [-0.4, -0.2) is 16.0 Å². The van der Waals surface area contributed by atoms with Crippen LogP contribution in [-0.2, 0) is 11.2 Å². The number of aromatic nitrogens is 2. The molecule has 2 fully saturated rings. The first kappa shape index (κ1) is 16.3. The van der Waals surface area contributed by atoms with Crippen molar-refractivity contribution in [1.82, 2.24) is 15.5 Å². The molecule has 3 atom stereocenters. The van der Waals surface area contributed by atoms with Crippen molar-refractivity contribution < 1.29 is 9.32 Å². The zero-order valence-electron chi connectivity index (χ0n) is 14.6. The summed E-state index contributed by atoms with van der Waals surface area (Å²) in [5, 5.41) is 7.26. The van der Waals surface area contributed by atoms with Gasteiger partial charge in [-0.15, -0.1) is 0 Å². The summed E-state index contributed by atoms with van der Waals surface area (Å²) in [5.41, 5.74) is 1.20. The molecule has 1 amide bonds. The van der Waals surface area contributed by atoms with Crippen molar-refractivity contribution in [3.8, 4) is 0 Å². The van der Waals surface area contributed by atoms with Gasteiger partial charge in [0.05, 0.1) is 6.04 Å². The summed E-state index contributed by atoms with van der Waals surface area (Å²) in [4.78, 5) is 16.8. The maximum Gasteiger partial charge on any atom is 0.226 e. The van der Waals surface area contributed by atoms with Crippen LogP contribution in [0.1, 0.15) is 68.3 Å². The van der Waals surface area contributed by atoms with Crippen molar-refractivity contribution in [2.75, 3.05) is 0 Å². The fraction of sp³-hybridized carbons (Fsp3) is 0.550. The van der Waals surface area contributed by atoms with E-state index in [9.17, 15) is 4.79 Å². The van der Waals surface area contributed by atoms with E-state index in [0.29, 0.717) is 36.5 Å². The normalized spacial score (nSPS) is 23.2. The summed E-state index contributed by atoms with van der Waals surface area (Å²) >= 11 is 0. The van der Waals surface area contributed by atoms with Gasteiger partial charge in [-0.05, 0) is 43.1 Å². The molecule has 2 aliphatic rings. The maximum absolute atomic E-state index is 12.4. The molecule has 0 unspecified atom stereocenters. The number of hydrogen-bond acceptors (Lipinski definition) is 4. The van der Waals surface area contributed by atoms with Gasteiger partial charge >= 0.3 is 0 Å². The molecule has 1 heterocycles. The first-order valence-corrected chi connectivity index (χ1v) is 9.37. The van der Waals surface area contributed by atoms with E-state index in [-0.39, 0.29) is 11.9 Å². The number of benzene rings is 1. The second kappa shape index (κ2) is 6.98. The van der Waals surface area contributed by atoms with E-state index in [0.717, 1.165) is 12.2 Å². The van der Waals surface area contributed by atoms with Crippen molar-refractivity contribution in [3.63, 3.8) is 0 Å². The van der Waals surface area contributed by atoms with E-state index in [2.05, 4.69) is 34.5 Å². The molecule has 25 heavy (non-hydrogen) atoms. The predicted octanol–water partition coefficient (Wildman–Crippen LogP) is 3.78. The van der Waals surface area contributed by atoms with Crippen LogP contribution >= 0.6 is 0 Å². The van der Waals surface area contributed by atoms with Gasteiger partial charge in [0.15, 0.2) is 5.82 Å². The number of hydrogen-bond donors (Lipinski definition) is 1. The Hall–Kier alpha value is -2.17. The molecule has 5 heteroatoms. The third kappa shape index (κ3) is 4.09. The summed E-state index contributed by atoms with van der Waals surface area (Å²) < 4.78 is 5.27. The summed E-state index contributed by atoms with van der Waals surface area (Å²) in [7, 11) is 0. The molecule has 5 nitrogen and oxygen atoms in total. The number of amides is 1. The second-order valence-corrected chi connectivity index (χ2v) is 7.51. The van der Waals surface area contributed by atoms with Gasteiger partial charge in [0.25, 0.3) is 0 Å². The Morgan fingerprint density at radius 2 is 2.08 bits per heavy atom. The molecule has 0 saturated heterocycles. The molecule has 1 N–H and O–H groups in total. The molecule has 1 aromatic carbocycles. The Bertz CT molecular complexity index is 724. The highest BCUT2D eigenvalue weighted by molar-refractivity contribution is 5.76. The zero-order chi connectivity index (χ0) is 17.2. The first-order valence-electron chi connectivity index (χ1n) is 9.37. The molecule has 2 aliphatic carbocycles. The minimum atomic E-state index is 0.106. The number of nitrogens with zero attached hydrogens (tertiary/aromatic N) is 2. The Kier molecular flexibility index (Phi) is 4.55. The van der Waals surface area contributed by atoms with Crippen LogP contribution in [0.25, 0.3) is 0 Å². The minimum Gasteiger partial charge on any atom is -0.349 e. The van der Waals surface area contributed by atoms with Gasteiger partial charge in [-0.1, -0.05) is 42.4 Å². The van der Waals surface area contributed by atoms with Crippen molar-refractivity contribution in [3.05, 3.63) is 47.6 Å². The van der Waals surface area contributed by atoms with E-state index in [1.54, 1.807) is 0 Å². The first-order chi connectivity index (χ1) is 12.2. The van der Waals surface area contributed by atoms with E-state index in [1.165, 1.54) is 24.8 Å². The van der Waals surface area contributed by atoms with Crippen LogP contribution in [0.3, 0.4) is 0 Å². The number of nitrogens with one attached hydrogen (secondary N) is 1. The van der Waals surface area contributed by atoms with Crippen LogP contribution in [0, 0.1) is 11.8 Å². The third-order valence-corrected chi connectivity index (χ3v) is 5.30. The van der Waals surface area contributed by atoms with Crippen LogP contribution in [0.15, 0.2) is 34.9 Å². The molecule has 132 valence electrons. The lowest BCUT2D eigenvalue weighted by Crippen LogP contribution is -2.30. The van der Waals surface area contributed by atoms with Gasteiger partial charge in [0.2, 0.25) is 11.8 Å². The van der Waals surface area contributed by atoms with Gasteiger partial charge in [0.1, 0.15) is 0 Å². The molecule has 0 aliphatic heterocycles. The number of aryl methyl sites for hydroxylation is 1. The average molecular weight is 339 g/mol. The lowest BCUT2D eigenvalue weighted by atomic mass is 10.0.